The molecule has 0 aliphatic rings. The predicted octanol–water partition coefficient (Wildman–Crippen LogP) is 2.71. The topological polar surface area (TPSA) is 159 Å². The van der Waals surface area contributed by atoms with Crippen LogP contribution in [0, 0.1) is 11.3 Å². The summed E-state index contributed by atoms with van der Waals surface area (Å²) in [5.41, 5.74) is -1.80. The highest BCUT2D eigenvalue weighted by Crippen LogP contribution is 2.31. The Morgan fingerprint density at radius 2 is 1.76 bits per heavy atom. The monoisotopic (exact) mass is 509 g/mol. The van der Waals surface area contributed by atoms with Crippen LogP contribution in [0.5, 0.6) is 0 Å². The number of nitrogens with zero attached hydrogens (tertiary/aromatic N) is 2. The number of sulfonamides is 1. The van der Waals surface area contributed by atoms with Crippen LogP contribution in [0.3, 0.4) is 0 Å². The van der Waals surface area contributed by atoms with Crippen molar-refractivity contribution in [2.24, 2.45) is 5.14 Å². The van der Waals surface area contributed by atoms with Crippen molar-refractivity contribution in [3.63, 3.8) is 0 Å². The van der Waals surface area contributed by atoms with E-state index in [2.05, 4.69) is 15.3 Å². The Morgan fingerprint density at radius 1 is 1.15 bits per heavy atom. The molecule has 0 fully saturated rings. The van der Waals surface area contributed by atoms with E-state index < -0.39 is 33.2 Å². The lowest BCUT2D eigenvalue weighted by Crippen LogP contribution is -2.17. The third-order valence-corrected chi connectivity index (χ3v) is 6.10. The second-order valence-electron chi connectivity index (χ2n) is 6.69. The smallest absolute Gasteiger partial charge is 0.325 e. The first-order valence-corrected chi connectivity index (χ1v) is 11.7. The number of nitrogens with one attached hydrogen (secondary N) is 2. The maximum atomic E-state index is 12.8. The molecule has 0 saturated heterocycles. The molecule has 0 bridgehead atoms. The van der Waals surface area contributed by atoms with E-state index >= 15 is 0 Å². The minimum absolute atomic E-state index is 0.0291. The minimum atomic E-state index is -4.55. The number of nitriles is 1. The van der Waals surface area contributed by atoms with Crippen LogP contribution < -0.4 is 16.0 Å². The molecule has 9 nitrogen and oxygen atoms in total. The molecule has 3 rings (SSSR count). The zero-order chi connectivity index (χ0) is 25.1. The summed E-state index contributed by atoms with van der Waals surface area (Å²) in [7, 11) is -3.88. The van der Waals surface area contributed by atoms with Crippen molar-refractivity contribution >= 4 is 33.4 Å². The van der Waals surface area contributed by atoms with Gasteiger partial charge in [0.25, 0.3) is 5.56 Å². The van der Waals surface area contributed by atoms with Gasteiger partial charge in [-0.25, -0.2) is 18.5 Å². The van der Waals surface area contributed by atoms with E-state index in [0.717, 1.165) is 36.0 Å². The molecule has 0 unspecified atom stereocenters. The van der Waals surface area contributed by atoms with E-state index in [4.69, 9.17) is 5.14 Å². The third kappa shape index (κ3) is 6.01. The molecule has 0 aliphatic heterocycles. The van der Waals surface area contributed by atoms with Crippen molar-refractivity contribution in [1.29, 1.82) is 5.26 Å². The largest absolute Gasteiger partial charge is 0.416 e. The van der Waals surface area contributed by atoms with Crippen molar-refractivity contribution in [3.8, 4) is 17.3 Å². The molecular formula is C20H14F3N5O4S2. The maximum Gasteiger partial charge on any atom is 0.416 e. The van der Waals surface area contributed by atoms with Gasteiger partial charge in [0.2, 0.25) is 15.9 Å². The van der Waals surface area contributed by atoms with Gasteiger partial charge in [-0.3, -0.25) is 9.59 Å². The average molecular weight is 509 g/mol. The molecule has 0 aliphatic carbocycles. The number of carbonyl (C=O) groups is 1. The molecular weight excluding hydrogens is 495 g/mol. The van der Waals surface area contributed by atoms with Crippen molar-refractivity contribution in [2.75, 3.05) is 11.1 Å². The molecule has 3 aromatic rings. The molecule has 4 N–H and O–H groups in total. The van der Waals surface area contributed by atoms with Crippen LogP contribution in [-0.2, 0) is 21.0 Å². The Balaban J connectivity index is 1.77. The SMILES string of the molecule is N#Cc1c(-c2ccc(C(F)(F)F)cc2)nc(SCC(=O)Nc2ccc(S(N)(=O)=O)cc2)[nH]c1=O. The molecule has 0 atom stereocenters. The average Bonchev–Trinajstić information content (AvgIpc) is 2.76. The highest BCUT2D eigenvalue weighted by molar-refractivity contribution is 7.99. The Kier molecular flexibility index (Phi) is 7.10. The number of primary sulfonamides is 1. The standard InChI is InChI=1S/C20H14F3N5O4S2/c21-20(22,23)12-3-1-11(2-4-12)17-15(9-24)18(30)28-19(27-17)33-10-16(29)26-13-5-7-14(8-6-13)34(25,31)32/h1-8H,10H2,(H,26,29)(H2,25,31,32)(H,27,28,30). The molecule has 0 spiro atoms. The number of benzene rings is 2. The van der Waals surface area contributed by atoms with Gasteiger partial charge in [-0.2, -0.15) is 18.4 Å². The van der Waals surface area contributed by atoms with Crippen molar-refractivity contribution < 1.29 is 26.4 Å². The summed E-state index contributed by atoms with van der Waals surface area (Å²) in [5.74, 6) is -0.741. The van der Waals surface area contributed by atoms with Gasteiger partial charge in [-0.15, -0.1) is 0 Å². The van der Waals surface area contributed by atoms with Gasteiger partial charge in [0.1, 0.15) is 11.6 Å². The second-order valence-corrected chi connectivity index (χ2v) is 9.21. The molecule has 0 saturated carbocycles. The fourth-order valence-corrected chi connectivity index (χ4v) is 3.89. The number of amides is 1. The first kappa shape index (κ1) is 25.0. The van der Waals surface area contributed by atoms with E-state index in [1.54, 1.807) is 6.07 Å². The van der Waals surface area contributed by atoms with Crippen LogP contribution in [0.15, 0.2) is 63.4 Å². The normalized spacial score (nSPS) is 11.6. The summed E-state index contributed by atoms with van der Waals surface area (Å²) in [6, 6.07) is 10.6. The number of nitrogens with two attached hydrogens (primary N) is 1. The quantitative estimate of drug-likeness (QED) is 0.340. The lowest BCUT2D eigenvalue weighted by Gasteiger charge is -2.09. The van der Waals surface area contributed by atoms with Crippen LogP contribution in [0.25, 0.3) is 11.3 Å². The fraction of sp³-hybridized carbons (Fsp3) is 0.100. The van der Waals surface area contributed by atoms with Gasteiger partial charge < -0.3 is 10.3 Å². The molecule has 14 heteroatoms. The number of aromatic amines is 1. The van der Waals surface area contributed by atoms with Crippen molar-refractivity contribution in [2.45, 2.75) is 16.2 Å². The number of H-pyrrole nitrogens is 1. The Morgan fingerprint density at radius 3 is 2.29 bits per heavy atom. The molecule has 0 radical (unpaired) electrons. The number of hydrogen-bond donors (Lipinski definition) is 3. The number of hydrogen-bond acceptors (Lipinski definition) is 7. The van der Waals surface area contributed by atoms with E-state index in [9.17, 15) is 36.4 Å². The number of thioether (sulfide) groups is 1. The Bertz CT molecular complexity index is 1430. The van der Waals surface area contributed by atoms with Gasteiger partial charge in [0, 0.05) is 11.3 Å². The molecule has 2 aromatic carbocycles. The summed E-state index contributed by atoms with van der Waals surface area (Å²) in [4.78, 5) is 30.8. The Labute approximate surface area is 194 Å². The highest BCUT2D eigenvalue weighted by atomic mass is 32.2. The summed E-state index contributed by atoms with van der Waals surface area (Å²) in [6.07, 6.45) is -4.55. The zero-order valence-electron chi connectivity index (χ0n) is 16.9. The van der Waals surface area contributed by atoms with E-state index in [-0.39, 0.29) is 32.6 Å². The van der Waals surface area contributed by atoms with Crippen molar-refractivity contribution in [1.82, 2.24) is 9.97 Å². The number of alkyl halides is 3. The zero-order valence-corrected chi connectivity index (χ0v) is 18.5. The van der Waals surface area contributed by atoms with E-state index in [1.165, 1.54) is 24.3 Å². The van der Waals surface area contributed by atoms with Crippen molar-refractivity contribution in [3.05, 3.63) is 70.0 Å². The first-order valence-electron chi connectivity index (χ1n) is 9.16. The second kappa shape index (κ2) is 9.67. The van der Waals surface area contributed by atoms with E-state index in [0.29, 0.717) is 5.69 Å². The van der Waals surface area contributed by atoms with Gasteiger partial charge in [0.05, 0.1) is 21.9 Å². The number of anilines is 1. The van der Waals surface area contributed by atoms with Gasteiger partial charge in [0.15, 0.2) is 5.16 Å². The van der Waals surface area contributed by atoms with Crippen LogP contribution in [0.4, 0.5) is 18.9 Å². The van der Waals surface area contributed by atoms with Crippen LogP contribution >= 0.6 is 11.8 Å². The van der Waals surface area contributed by atoms with Crippen LogP contribution in [0.2, 0.25) is 0 Å². The lowest BCUT2D eigenvalue weighted by molar-refractivity contribution is -0.137. The number of halogens is 3. The molecule has 176 valence electrons. The van der Waals surface area contributed by atoms with Gasteiger partial charge >= 0.3 is 6.18 Å². The fourth-order valence-electron chi connectivity index (χ4n) is 2.71. The summed E-state index contributed by atoms with van der Waals surface area (Å²) in [5, 5.41) is 16.8. The summed E-state index contributed by atoms with van der Waals surface area (Å²) in [6.45, 7) is 0. The van der Waals surface area contributed by atoms with Gasteiger partial charge in [-0.05, 0) is 36.4 Å². The molecule has 1 amide bonds. The number of aromatic nitrogens is 2. The molecule has 34 heavy (non-hydrogen) atoms. The minimum Gasteiger partial charge on any atom is -0.325 e. The number of carbonyl (C=O) groups excluding carboxylic acids is 1. The van der Waals surface area contributed by atoms with Crippen LogP contribution in [0.1, 0.15) is 11.1 Å². The Hall–Kier alpha value is -3.67. The summed E-state index contributed by atoms with van der Waals surface area (Å²) >= 11 is 0.821. The highest BCUT2D eigenvalue weighted by Gasteiger charge is 2.30. The van der Waals surface area contributed by atoms with Gasteiger partial charge in [-0.1, -0.05) is 23.9 Å². The third-order valence-electron chi connectivity index (χ3n) is 4.30. The lowest BCUT2D eigenvalue weighted by atomic mass is 10.1. The van der Waals surface area contributed by atoms with E-state index in [1.807, 2.05) is 0 Å². The summed E-state index contributed by atoms with van der Waals surface area (Å²) < 4.78 is 61.0. The predicted molar refractivity (Wildman–Crippen MR) is 117 cm³/mol. The maximum absolute atomic E-state index is 12.8. The number of rotatable bonds is 6. The molecule has 1 heterocycles. The van der Waals surface area contributed by atoms with Crippen LogP contribution in [-0.4, -0.2) is 30.0 Å². The first-order chi connectivity index (χ1) is 15.9. The molecule has 1 aromatic heterocycles.